The predicted molar refractivity (Wildman–Crippen MR) is 96.4 cm³/mol. The van der Waals surface area contributed by atoms with E-state index in [-0.39, 0.29) is 5.25 Å². The number of halogens is 3. The minimum Gasteiger partial charge on any atom is -0.475 e. The van der Waals surface area contributed by atoms with Crippen molar-refractivity contribution in [2.75, 3.05) is 13.2 Å². The first-order valence-corrected chi connectivity index (χ1v) is 10.9. The molecule has 0 unspecified atom stereocenters. The van der Waals surface area contributed by atoms with Crippen LogP contribution in [0, 0.1) is 5.92 Å². The van der Waals surface area contributed by atoms with Gasteiger partial charge in [0.2, 0.25) is 10.0 Å². The number of ether oxygens (including phenoxy) is 1. The first kappa shape index (κ1) is 22.0. The maximum absolute atomic E-state index is 12.4. The maximum Gasteiger partial charge on any atom is 0.490 e. The van der Waals surface area contributed by atoms with Crippen molar-refractivity contribution >= 4 is 16.0 Å². The monoisotopic (exact) mass is 436 g/mol. The van der Waals surface area contributed by atoms with Crippen LogP contribution in [0.1, 0.15) is 42.4 Å². The maximum atomic E-state index is 12.4. The third kappa shape index (κ3) is 5.89. The van der Waals surface area contributed by atoms with Crippen molar-refractivity contribution < 1.29 is 36.2 Å². The van der Waals surface area contributed by atoms with Crippen LogP contribution < -0.4 is 0 Å². The highest BCUT2D eigenvalue weighted by Gasteiger charge is 2.41. The fourth-order valence-corrected chi connectivity index (χ4v) is 4.90. The molecule has 11 heteroatoms. The third-order valence-corrected chi connectivity index (χ3v) is 7.40. The molecule has 2 heterocycles. The Morgan fingerprint density at radius 3 is 2.45 bits per heavy atom. The van der Waals surface area contributed by atoms with E-state index in [0.29, 0.717) is 19.7 Å². The first-order valence-electron chi connectivity index (χ1n) is 9.40. The molecule has 29 heavy (non-hydrogen) atoms. The molecule has 2 aliphatic carbocycles. The number of rotatable bonds is 6. The van der Waals surface area contributed by atoms with Gasteiger partial charge in [-0.05, 0) is 54.7 Å². The SMILES string of the molecule is O=C(O)C(F)(F)F.O=S(=O)(C1CC1)N1CCc2c(COCC3CC3)cncc2C1. The van der Waals surface area contributed by atoms with Crippen molar-refractivity contribution in [3.63, 3.8) is 0 Å². The second-order valence-corrected chi connectivity index (χ2v) is 9.74. The van der Waals surface area contributed by atoms with Gasteiger partial charge < -0.3 is 9.84 Å². The summed E-state index contributed by atoms with van der Waals surface area (Å²) in [6, 6.07) is 0. The Morgan fingerprint density at radius 1 is 1.24 bits per heavy atom. The number of hydrogen-bond donors (Lipinski definition) is 1. The van der Waals surface area contributed by atoms with E-state index in [1.54, 1.807) is 4.31 Å². The average Bonchev–Trinajstić information content (AvgIpc) is 3.54. The zero-order valence-electron chi connectivity index (χ0n) is 15.7. The molecule has 7 nitrogen and oxygen atoms in total. The molecule has 0 spiro atoms. The van der Waals surface area contributed by atoms with Gasteiger partial charge in [0.25, 0.3) is 0 Å². The van der Waals surface area contributed by atoms with Crippen molar-refractivity contribution in [1.29, 1.82) is 0 Å². The molecule has 1 aliphatic heterocycles. The molecule has 0 aromatic carbocycles. The van der Waals surface area contributed by atoms with E-state index in [2.05, 4.69) is 4.98 Å². The summed E-state index contributed by atoms with van der Waals surface area (Å²) in [7, 11) is -3.09. The molecule has 1 N–H and O–H groups in total. The predicted octanol–water partition coefficient (Wildman–Crippen LogP) is 2.49. The molecule has 1 aromatic rings. The number of aromatic nitrogens is 1. The highest BCUT2D eigenvalue weighted by Crippen LogP contribution is 2.34. The van der Waals surface area contributed by atoms with Crippen LogP contribution in [0.4, 0.5) is 13.2 Å². The number of sulfonamides is 1. The fraction of sp³-hybridized carbons (Fsp3) is 0.667. The van der Waals surface area contributed by atoms with E-state index < -0.39 is 22.2 Å². The molecule has 2 saturated carbocycles. The van der Waals surface area contributed by atoms with Crippen LogP contribution in [-0.2, 0) is 39.1 Å². The summed E-state index contributed by atoms with van der Waals surface area (Å²) in [6.07, 6.45) is 3.59. The van der Waals surface area contributed by atoms with Crippen molar-refractivity contribution in [2.24, 2.45) is 5.92 Å². The van der Waals surface area contributed by atoms with E-state index >= 15 is 0 Å². The van der Waals surface area contributed by atoms with Gasteiger partial charge >= 0.3 is 12.1 Å². The van der Waals surface area contributed by atoms with Gasteiger partial charge in [-0.25, -0.2) is 13.2 Å². The van der Waals surface area contributed by atoms with Gasteiger partial charge in [0.1, 0.15) is 0 Å². The van der Waals surface area contributed by atoms with E-state index in [1.165, 1.54) is 18.4 Å². The Morgan fingerprint density at radius 2 is 1.90 bits per heavy atom. The minimum absolute atomic E-state index is 0.132. The Balaban J connectivity index is 0.000000298. The van der Waals surface area contributed by atoms with Crippen LogP contribution in [-0.4, -0.2) is 53.4 Å². The lowest BCUT2D eigenvalue weighted by molar-refractivity contribution is -0.192. The number of hydrogen-bond acceptors (Lipinski definition) is 5. The quantitative estimate of drug-likeness (QED) is 0.736. The Kier molecular flexibility index (Phi) is 6.49. The molecule has 0 saturated heterocycles. The normalized spacial score (nSPS) is 19.8. The molecule has 0 amide bonds. The number of fused-ring (bicyclic) bond motifs is 1. The second kappa shape index (κ2) is 8.57. The summed E-state index contributed by atoms with van der Waals surface area (Å²) in [6.45, 7) is 2.50. The lowest BCUT2D eigenvalue weighted by Crippen LogP contribution is -2.38. The van der Waals surface area contributed by atoms with Gasteiger partial charge in [0.15, 0.2) is 0 Å². The molecule has 0 atom stereocenters. The Labute approximate surface area is 166 Å². The van der Waals surface area contributed by atoms with Gasteiger partial charge in [0.05, 0.1) is 11.9 Å². The number of aliphatic carboxylic acids is 1. The number of nitrogens with zero attached hydrogens (tertiary/aromatic N) is 2. The summed E-state index contributed by atoms with van der Waals surface area (Å²) >= 11 is 0. The zero-order chi connectivity index (χ0) is 21.2. The van der Waals surface area contributed by atoms with Gasteiger partial charge in [-0.2, -0.15) is 17.5 Å². The topological polar surface area (TPSA) is 96.8 Å². The second-order valence-electron chi connectivity index (χ2n) is 7.53. The van der Waals surface area contributed by atoms with Crippen molar-refractivity contribution in [3.8, 4) is 0 Å². The van der Waals surface area contributed by atoms with E-state index in [0.717, 1.165) is 42.9 Å². The van der Waals surface area contributed by atoms with Gasteiger partial charge in [-0.15, -0.1) is 0 Å². The molecule has 0 radical (unpaired) electrons. The Hall–Kier alpha value is -1.72. The number of alkyl halides is 3. The van der Waals surface area contributed by atoms with Crippen LogP contribution in [0.15, 0.2) is 12.4 Å². The molecule has 162 valence electrons. The van der Waals surface area contributed by atoms with Crippen LogP contribution in [0.5, 0.6) is 0 Å². The van der Waals surface area contributed by atoms with Crippen molar-refractivity contribution in [3.05, 3.63) is 29.1 Å². The summed E-state index contributed by atoms with van der Waals surface area (Å²) in [5, 5.41) is 6.99. The van der Waals surface area contributed by atoms with E-state index in [9.17, 15) is 21.6 Å². The van der Waals surface area contributed by atoms with E-state index in [4.69, 9.17) is 14.6 Å². The number of pyridine rings is 1. The lowest BCUT2D eigenvalue weighted by Gasteiger charge is -2.29. The highest BCUT2D eigenvalue weighted by molar-refractivity contribution is 7.90. The van der Waals surface area contributed by atoms with Crippen molar-refractivity contribution in [1.82, 2.24) is 9.29 Å². The largest absolute Gasteiger partial charge is 0.490 e. The Bertz CT molecular complexity index is 852. The molecule has 2 fully saturated rings. The molecular formula is C18H23F3N2O5S. The van der Waals surface area contributed by atoms with Crippen LogP contribution in [0.25, 0.3) is 0 Å². The lowest BCUT2D eigenvalue weighted by atomic mass is 9.99. The van der Waals surface area contributed by atoms with Crippen LogP contribution >= 0.6 is 0 Å². The van der Waals surface area contributed by atoms with Gasteiger partial charge in [-0.1, -0.05) is 0 Å². The molecule has 3 aliphatic rings. The van der Waals surface area contributed by atoms with Gasteiger partial charge in [-0.3, -0.25) is 4.98 Å². The zero-order valence-corrected chi connectivity index (χ0v) is 16.5. The summed E-state index contributed by atoms with van der Waals surface area (Å²) < 4.78 is 63.9. The molecule has 4 rings (SSSR count). The number of carboxylic acid groups (broad SMARTS) is 1. The molecular weight excluding hydrogens is 413 g/mol. The first-order chi connectivity index (χ1) is 13.6. The average molecular weight is 436 g/mol. The molecule has 1 aromatic heterocycles. The standard InChI is InChI=1S/C16H22N2O3S.C2HF3O2/c19-22(20,15-3-4-15)18-6-5-16-13(9-18)7-17-8-14(16)11-21-10-12-1-2-12;3-2(4,5)1(6)7/h7-8,12,15H,1-6,9-11H2;(H,6,7). The van der Waals surface area contributed by atoms with Crippen LogP contribution in [0.3, 0.4) is 0 Å². The molecule has 0 bridgehead atoms. The minimum atomic E-state index is -5.08. The summed E-state index contributed by atoms with van der Waals surface area (Å²) in [5.41, 5.74) is 3.41. The van der Waals surface area contributed by atoms with Crippen molar-refractivity contribution in [2.45, 2.75) is 56.7 Å². The highest BCUT2D eigenvalue weighted by atomic mass is 32.2. The fourth-order valence-electron chi connectivity index (χ4n) is 3.08. The third-order valence-electron chi connectivity index (χ3n) is 5.05. The summed E-state index contributed by atoms with van der Waals surface area (Å²) in [5.74, 6) is -2.00. The number of carbonyl (C=O) groups is 1. The van der Waals surface area contributed by atoms with Crippen LogP contribution in [0.2, 0.25) is 0 Å². The van der Waals surface area contributed by atoms with Gasteiger partial charge in [0, 0.05) is 32.1 Å². The summed E-state index contributed by atoms with van der Waals surface area (Å²) in [4.78, 5) is 13.2. The number of carboxylic acids is 1. The van der Waals surface area contributed by atoms with E-state index in [1.807, 2.05) is 12.4 Å². The smallest absolute Gasteiger partial charge is 0.475 e.